The van der Waals surface area contributed by atoms with Gasteiger partial charge in [-0.2, -0.15) is 0 Å². The molecule has 0 aromatic rings. The maximum atomic E-state index is 6.84. The van der Waals surface area contributed by atoms with Crippen molar-refractivity contribution in [1.29, 1.82) is 21.6 Å². The average Bonchev–Trinajstić information content (AvgIpc) is 2.13. The Kier molecular flexibility index (Phi) is 5.16. The van der Waals surface area contributed by atoms with Crippen molar-refractivity contribution in [2.24, 2.45) is 0 Å². The van der Waals surface area contributed by atoms with Crippen molar-refractivity contribution in [2.45, 2.75) is 0 Å². The number of rotatable bonds is 7. The van der Waals surface area contributed by atoms with Crippen LogP contribution in [0.3, 0.4) is 0 Å². The van der Waals surface area contributed by atoms with Crippen molar-refractivity contribution in [1.82, 2.24) is 9.80 Å². The predicted molar refractivity (Wildman–Crippen MR) is 48.5 cm³/mol. The fourth-order valence-electron chi connectivity index (χ4n) is 0.564. The molecule has 0 unspecified atom stereocenters. The van der Waals surface area contributed by atoms with Gasteiger partial charge in [-0.1, -0.05) is 0 Å². The first kappa shape index (κ1) is 10.3. The summed E-state index contributed by atoms with van der Waals surface area (Å²) in [6, 6.07) is 0. The maximum absolute atomic E-state index is 6.84. The topological polar surface area (TPSA) is 102 Å². The minimum Gasteiger partial charge on any atom is -0.323 e. The van der Waals surface area contributed by atoms with Gasteiger partial charge in [-0.3, -0.25) is 21.6 Å². The predicted octanol–water partition coefficient (Wildman–Crippen LogP) is 0.0187. The Labute approximate surface area is 70.8 Å². The van der Waals surface area contributed by atoms with Crippen molar-refractivity contribution >= 4 is 25.4 Å². The number of nitrogens with zero attached hydrogens (tertiary/aromatic N) is 2. The second kappa shape index (κ2) is 6.02. The summed E-state index contributed by atoms with van der Waals surface area (Å²) in [6.45, 7) is 0.857. The number of hydrogen-bond donors (Lipinski definition) is 4. The van der Waals surface area contributed by atoms with E-state index in [1.807, 2.05) is 0 Å². The van der Waals surface area contributed by atoms with Gasteiger partial charge in [0.25, 0.3) is 0 Å². The van der Waals surface area contributed by atoms with Gasteiger partial charge >= 0.3 is 0 Å². The molecule has 12 heavy (non-hydrogen) atoms. The molecule has 0 rings (SSSR count). The number of nitrogens with one attached hydrogen (secondary N) is 4. The van der Waals surface area contributed by atoms with E-state index in [1.54, 1.807) is 0 Å². The van der Waals surface area contributed by atoms with Crippen LogP contribution in [0.15, 0.2) is 0 Å². The third-order valence-corrected chi connectivity index (χ3v) is 1.28. The highest BCUT2D eigenvalue weighted by Gasteiger charge is 1.97. The Bertz CT molecular complexity index is 141. The highest BCUT2D eigenvalue weighted by atomic mass is 15.2. The Morgan fingerprint density at radius 1 is 0.667 bits per heavy atom. The molecular weight excluding hydrogens is 156 g/mol. The van der Waals surface area contributed by atoms with Crippen molar-refractivity contribution in [2.75, 3.05) is 13.1 Å². The Morgan fingerprint density at radius 2 is 0.917 bits per heavy atom. The summed E-state index contributed by atoms with van der Waals surface area (Å²) in [6.07, 6.45) is 4.11. The molecule has 0 aliphatic heterocycles. The lowest BCUT2D eigenvalue weighted by molar-refractivity contribution is 0.531. The van der Waals surface area contributed by atoms with E-state index >= 15 is 0 Å². The van der Waals surface area contributed by atoms with E-state index in [2.05, 4.69) is 0 Å². The smallest absolute Gasteiger partial charge is 0.0869 e. The molecule has 0 aliphatic carbocycles. The van der Waals surface area contributed by atoms with E-state index < -0.39 is 0 Å². The Hall–Kier alpha value is -1.72. The third kappa shape index (κ3) is 3.45. The zero-order chi connectivity index (χ0) is 9.40. The molecule has 0 aromatic heterocycles. The summed E-state index contributed by atoms with van der Waals surface area (Å²) in [7, 11) is 0. The van der Waals surface area contributed by atoms with Gasteiger partial charge in [0.1, 0.15) is 0 Å². The molecule has 0 amide bonds. The molecule has 6 heteroatoms. The van der Waals surface area contributed by atoms with Gasteiger partial charge in [-0.25, -0.2) is 0 Å². The minimum atomic E-state index is 0.428. The van der Waals surface area contributed by atoms with Crippen LogP contribution in [0.1, 0.15) is 0 Å². The molecule has 0 fully saturated rings. The molecule has 0 spiro atoms. The van der Waals surface area contributed by atoms with E-state index in [1.165, 1.54) is 9.80 Å². The van der Waals surface area contributed by atoms with E-state index in [-0.39, 0.29) is 0 Å². The fourth-order valence-corrected chi connectivity index (χ4v) is 0.564. The van der Waals surface area contributed by atoms with Crippen LogP contribution in [-0.2, 0) is 0 Å². The summed E-state index contributed by atoms with van der Waals surface area (Å²) >= 11 is 0. The lowest BCUT2D eigenvalue weighted by atomic mass is 10.5. The standard InChI is InChI=1S/C6H12N6/c7-3-11(4-8)1-2-12(5-9)6-10/h3-10H,1-2H2. The van der Waals surface area contributed by atoms with Crippen LogP contribution in [0.2, 0.25) is 0 Å². The van der Waals surface area contributed by atoms with Gasteiger partial charge < -0.3 is 9.80 Å². The molecule has 0 atom stereocenters. The van der Waals surface area contributed by atoms with Gasteiger partial charge in [0.05, 0.1) is 25.4 Å². The van der Waals surface area contributed by atoms with Crippen molar-refractivity contribution in [3.63, 3.8) is 0 Å². The Balaban J connectivity index is 3.77. The molecule has 4 N–H and O–H groups in total. The van der Waals surface area contributed by atoms with Gasteiger partial charge in [-0.15, -0.1) is 0 Å². The zero-order valence-electron chi connectivity index (χ0n) is 6.62. The molecule has 0 bridgehead atoms. The first-order valence-electron chi connectivity index (χ1n) is 3.32. The molecule has 0 aromatic carbocycles. The quantitative estimate of drug-likeness (QED) is 0.318. The molecule has 66 valence electrons. The first-order chi connectivity index (χ1) is 5.78. The molecule has 0 radical (unpaired) electrons. The lowest BCUT2D eigenvalue weighted by Crippen LogP contribution is -2.31. The summed E-state index contributed by atoms with van der Waals surface area (Å²) in [4.78, 5) is 2.69. The summed E-state index contributed by atoms with van der Waals surface area (Å²) in [5.41, 5.74) is 0. The van der Waals surface area contributed by atoms with E-state index in [0.29, 0.717) is 13.1 Å². The molecular formula is C6H12N6. The Morgan fingerprint density at radius 3 is 1.08 bits per heavy atom. The van der Waals surface area contributed by atoms with Gasteiger partial charge in [-0.05, 0) is 0 Å². The summed E-state index contributed by atoms with van der Waals surface area (Å²) in [5, 5.41) is 27.3. The monoisotopic (exact) mass is 168 g/mol. The van der Waals surface area contributed by atoms with E-state index in [9.17, 15) is 0 Å². The maximum Gasteiger partial charge on any atom is 0.0869 e. The van der Waals surface area contributed by atoms with Crippen LogP contribution in [0.25, 0.3) is 0 Å². The lowest BCUT2D eigenvalue weighted by Gasteiger charge is -2.16. The molecule has 6 nitrogen and oxygen atoms in total. The van der Waals surface area contributed by atoms with E-state index in [0.717, 1.165) is 25.4 Å². The van der Waals surface area contributed by atoms with Gasteiger partial charge in [0.15, 0.2) is 0 Å². The van der Waals surface area contributed by atoms with Crippen molar-refractivity contribution in [3.05, 3.63) is 0 Å². The van der Waals surface area contributed by atoms with Crippen LogP contribution in [0.5, 0.6) is 0 Å². The van der Waals surface area contributed by atoms with E-state index in [4.69, 9.17) is 21.6 Å². The molecule has 0 saturated carbocycles. The highest BCUT2D eigenvalue weighted by Crippen LogP contribution is 1.81. The van der Waals surface area contributed by atoms with Crippen molar-refractivity contribution in [3.8, 4) is 0 Å². The molecule has 0 saturated heterocycles. The number of hydrogen-bond acceptors (Lipinski definition) is 4. The average molecular weight is 168 g/mol. The minimum absolute atomic E-state index is 0.428. The largest absolute Gasteiger partial charge is 0.323 e. The normalized spacial score (nSPS) is 8.33. The summed E-state index contributed by atoms with van der Waals surface area (Å²) in [5.74, 6) is 0. The van der Waals surface area contributed by atoms with Gasteiger partial charge in [0, 0.05) is 13.1 Å². The fraction of sp³-hybridized carbons (Fsp3) is 0.333. The zero-order valence-corrected chi connectivity index (χ0v) is 6.62. The first-order valence-corrected chi connectivity index (χ1v) is 3.32. The van der Waals surface area contributed by atoms with Crippen LogP contribution in [0.4, 0.5) is 0 Å². The third-order valence-electron chi connectivity index (χ3n) is 1.28. The van der Waals surface area contributed by atoms with Gasteiger partial charge in [0.2, 0.25) is 0 Å². The molecule has 0 aliphatic rings. The van der Waals surface area contributed by atoms with Crippen LogP contribution >= 0.6 is 0 Å². The highest BCUT2D eigenvalue weighted by molar-refractivity contribution is 5.73. The second-order valence-electron chi connectivity index (χ2n) is 1.99. The van der Waals surface area contributed by atoms with Crippen LogP contribution in [0, 0.1) is 21.6 Å². The van der Waals surface area contributed by atoms with Crippen molar-refractivity contribution < 1.29 is 0 Å². The SMILES string of the molecule is N=CN(C=N)CCN(C=N)C=N. The molecule has 0 heterocycles. The second-order valence-corrected chi connectivity index (χ2v) is 1.99. The summed E-state index contributed by atoms with van der Waals surface area (Å²) < 4.78 is 0. The van der Waals surface area contributed by atoms with Crippen LogP contribution < -0.4 is 0 Å². The van der Waals surface area contributed by atoms with Crippen LogP contribution in [-0.4, -0.2) is 48.2 Å².